The molecule has 1 aromatic carbocycles. The Morgan fingerprint density at radius 2 is 1.52 bits per heavy atom. The summed E-state index contributed by atoms with van der Waals surface area (Å²) in [6.45, 7) is 0. The van der Waals surface area contributed by atoms with Crippen LogP contribution in [0, 0.1) is 11.6 Å². The SMILES string of the molecule is COC(=C1CCCCC1)c1cc(F)c(C(F)(F)F)c(F)c1. The Bertz CT molecular complexity index is 529. The fourth-order valence-corrected chi connectivity index (χ4v) is 2.65. The number of alkyl halides is 3. The normalized spacial score (nSPS) is 16.0. The van der Waals surface area contributed by atoms with Crippen molar-refractivity contribution in [3.05, 3.63) is 40.5 Å². The summed E-state index contributed by atoms with van der Waals surface area (Å²) in [4.78, 5) is 0. The largest absolute Gasteiger partial charge is 0.496 e. The molecule has 0 heterocycles. The van der Waals surface area contributed by atoms with Crippen LogP contribution < -0.4 is 0 Å². The Kier molecular flexibility index (Phi) is 4.54. The van der Waals surface area contributed by atoms with E-state index in [-0.39, 0.29) is 11.3 Å². The van der Waals surface area contributed by atoms with Gasteiger partial charge < -0.3 is 4.74 Å². The van der Waals surface area contributed by atoms with Gasteiger partial charge in [0.15, 0.2) is 0 Å². The number of allylic oxidation sites excluding steroid dienone is 1. The lowest BCUT2D eigenvalue weighted by atomic mass is 9.92. The molecule has 0 amide bonds. The van der Waals surface area contributed by atoms with Gasteiger partial charge in [-0.15, -0.1) is 0 Å². The highest BCUT2D eigenvalue weighted by molar-refractivity contribution is 5.64. The summed E-state index contributed by atoms with van der Waals surface area (Å²) in [5, 5.41) is 0. The summed E-state index contributed by atoms with van der Waals surface area (Å²) in [6.07, 6.45) is -0.656. The minimum absolute atomic E-state index is 0.0115. The van der Waals surface area contributed by atoms with Gasteiger partial charge in [0.25, 0.3) is 0 Å². The first kappa shape index (κ1) is 15.8. The molecule has 116 valence electrons. The average molecular weight is 306 g/mol. The number of rotatable bonds is 2. The minimum Gasteiger partial charge on any atom is -0.496 e. The van der Waals surface area contributed by atoms with Crippen molar-refractivity contribution in [2.24, 2.45) is 0 Å². The standard InChI is InChI=1S/C15H15F5O/c1-21-14(9-5-3-2-4-6-9)10-7-11(16)13(12(17)8-10)15(18,19)20/h7-8H,2-6H2,1H3. The number of ether oxygens (including phenoxy) is 1. The van der Waals surface area contributed by atoms with Crippen LogP contribution >= 0.6 is 0 Å². The summed E-state index contributed by atoms with van der Waals surface area (Å²) < 4.78 is 70.1. The Labute approximate surface area is 119 Å². The quantitative estimate of drug-likeness (QED) is 0.532. The zero-order valence-electron chi connectivity index (χ0n) is 11.5. The second-order valence-electron chi connectivity index (χ2n) is 5.01. The molecule has 6 heteroatoms. The third-order valence-corrected chi connectivity index (χ3v) is 3.57. The molecule has 0 aliphatic heterocycles. The van der Waals surface area contributed by atoms with Crippen molar-refractivity contribution in [3.63, 3.8) is 0 Å². The zero-order chi connectivity index (χ0) is 15.6. The molecular formula is C15H15F5O. The molecule has 0 bridgehead atoms. The molecule has 1 aliphatic rings. The maximum atomic E-state index is 13.6. The van der Waals surface area contributed by atoms with E-state index in [4.69, 9.17) is 4.74 Å². The van der Waals surface area contributed by atoms with Crippen LogP contribution in [0.5, 0.6) is 0 Å². The first-order valence-electron chi connectivity index (χ1n) is 6.67. The van der Waals surface area contributed by atoms with Gasteiger partial charge in [-0.2, -0.15) is 13.2 Å². The number of halogens is 5. The van der Waals surface area contributed by atoms with E-state index in [0.29, 0.717) is 12.1 Å². The van der Waals surface area contributed by atoms with Gasteiger partial charge in [-0.1, -0.05) is 6.42 Å². The van der Waals surface area contributed by atoms with Crippen molar-refractivity contribution >= 4 is 5.76 Å². The van der Waals surface area contributed by atoms with E-state index in [1.807, 2.05) is 0 Å². The van der Waals surface area contributed by atoms with Gasteiger partial charge in [0.1, 0.15) is 23.0 Å². The summed E-state index contributed by atoms with van der Waals surface area (Å²) in [6, 6.07) is 1.37. The van der Waals surface area contributed by atoms with Gasteiger partial charge in [-0.05, 0) is 43.4 Å². The highest BCUT2D eigenvalue weighted by atomic mass is 19.4. The average Bonchev–Trinajstić information content (AvgIpc) is 2.38. The highest BCUT2D eigenvalue weighted by Gasteiger charge is 2.38. The van der Waals surface area contributed by atoms with E-state index in [9.17, 15) is 22.0 Å². The molecule has 0 N–H and O–H groups in total. The summed E-state index contributed by atoms with van der Waals surface area (Å²) in [7, 11) is 1.35. The Hall–Kier alpha value is -1.59. The number of methoxy groups -OCH3 is 1. The maximum absolute atomic E-state index is 13.6. The zero-order valence-corrected chi connectivity index (χ0v) is 11.5. The van der Waals surface area contributed by atoms with E-state index in [1.54, 1.807) is 0 Å². The lowest BCUT2D eigenvalue weighted by Gasteiger charge is -2.19. The van der Waals surface area contributed by atoms with Crippen LogP contribution in [0.3, 0.4) is 0 Å². The van der Waals surface area contributed by atoms with Crippen LogP contribution in [0.1, 0.15) is 43.2 Å². The topological polar surface area (TPSA) is 9.23 Å². The molecule has 0 spiro atoms. The summed E-state index contributed by atoms with van der Waals surface area (Å²) in [5.74, 6) is -2.96. The second-order valence-corrected chi connectivity index (χ2v) is 5.01. The molecule has 1 nitrogen and oxygen atoms in total. The molecule has 0 atom stereocenters. The van der Waals surface area contributed by atoms with Gasteiger partial charge in [-0.25, -0.2) is 8.78 Å². The molecule has 0 aromatic heterocycles. The number of hydrogen-bond donors (Lipinski definition) is 0. The van der Waals surface area contributed by atoms with Gasteiger partial charge >= 0.3 is 6.18 Å². The van der Waals surface area contributed by atoms with Crippen LogP contribution in [0.4, 0.5) is 22.0 Å². The lowest BCUT2D eigenvalue weighted by molar-refractivity contribution is -0.142. The molecule has 2 rings (SSSR count). The third kappa shape index (κ3) is 3.36. The van der Waals surface area contributed by atoms with Crippen molar-refractivity contribution in [3.8, 4) is 0 Å². The lowest BCUT2D eigenvalue weighted by Crippen LogP contribution is -2.12. The molecule has 0 saturated heterocycles. The van der Waals surface area contributed by atoms with E-state index in [1.165, 1.54) is 7.11 Å². The number of benzene rings is 1. The molecule has 1 fully saturated rings. The smallest absolute Gasteiger partial charge is 0.422 e. The van der Waals surface area contributed by atoms with E-state index < -0.39 is 23.4 Å². The molecule has 1 aromatic rings. The van der Waals surface area contributed by atoms with E-state index in [0.717, 1.165) is 37.7 Å². The summed E-state index contributed by atoms with van der Waals surface area (Å²) >= 11 is 0. The fourth-order valence-electron chi connectivity index (χ4n) is 2.65. The van der Waals surface area contributed by atoms with Crippen molar-refractivity contribution in [1.82, 2.24) is 0 Å². The highest BCUT2D eigenvalue weighted by Crippen LogP contribution is 2.37. The van der Waals surface area contributed by atoms with Gasteiger partial charge in [0.05, 0.1) is 7.11 Å². The van der Waals surface area contributed by atoms with Crippen LogP contribution in [-0.2, 0) is 10.9 Å². The Balaban J connectivity index is 2.49. The molecular weight excluding hydrogens is 291 g/mol. The predicted octanol–water partition coefficient (Wildman–Crippen LogP) is 5.31. The third-order valence-electron chi connectivity index (χ3n) is 3.57. The number of hydrogen-bond acceptors (Lipinski definition) is 1. The Morgan fingerprint density at radius 1 is 1.00 bits per heavy atom. The van der Waals surface area contributed by atoms with Crippen molar-refractivity contribution in [2.75, 3.05) is 7.11 Å². The van der Waals surface area contributed by atoms with Crippen LogP contribution in [0.25, 0.3) is 5.76 Å². The van der Waals surface area contributed by atoms with Gasteiger partial charge in [0.2, 0.25) is 0 Å². The first-order valence-corrected chi connectivity index (χ1v) is 6.67. The summed E-state index contributed by atoms with van der Waals surface area (Å²) in [5.41, 5.74) is -0.963. The first-order chi connectivity index (χ1) is 9.84. The van der Waals surface area contributed by atoms with E-state index in [2.05, 4.69) is 0 Å². The predicted molar refractivity (Wildman–Crippen MR) is 68.4 cm³/mol. The van der Waals surface area contributed by atoms with Crippen LogP contribution in [0.15, 0.2) is 17.7 Å². The van der Waals surface area contributed by atoms with Crippen molar-refractivity contribution < 1.29 is 26.7 Å². The van der Waals surface area contributed by atoms with Crippen LogP contribution in [-0.4, -0.2) is 7.11 Å². The monoisotopic (exact) mass is 306 g/mol. The molecule has 1 saturated carbocycles. The molecule has 0 unspecified atom stereocenters. The molecule has 1 aliphatic carbocycles. The van der Waals surface area contributed by atoms with Gasteiger partial charge in [-0.3, -0.25) is 0 Å². The van der Waals surface area contributed by atoms with Crippen molar-refractivity contribution in [1.29, 1.82) is 0 Å². The fraction of sp³-hybridized carbons (Fsp3) is 0.467. The van der Waals surface area contributed by atoms with Gasteiger partial charge in [0, 0.05) is 5.56 Å². The maximum Gasteiger partial charge on any atom is 0.422 e. The minimum atomic E-state index is -5.06. The van der Waals surface area contributed by atoms with Crippen molar-refractivity contribution in [2.45, 2.75) is 38.3 Å². The molecule has 0 radical (unpaired) electrons. The molecule has 21 heavy (non-hydrogen) atoms. The van der Waals surface area contributed by atoms with E-state index >= 15 is 0 Å². The van der Waals surface area contributed by atoms with Crippen LogP contribution in [0.2, 0.25) is 0 Å². The Morgan fingerprint density at radius 3 is 1.95 bits per heavy atom. The second kappa shape index (κ2) is 6.03.